The van der Waals surface area contributed by atoms with Crippen LogP contribution in [0.25, 0.3) is 0 Å². The maximum absolute atomic E-state index is 13.0. The largest absolute Gasteiger partial charge is 0.404 e. The minimum Gasteiger partial charge on any atom is -0.330 e. The Labute approximate surface area is 107 Å². The molecule has 5 heteroatoms. The minimum absolute atomic E-state index is 0.0243. The lowest BCUT2D eigenvalue weighted by Gasteiger charge is -2.43. The molecule has 0 amide bonds. The molecule has 2 nitrogen and oxygen atoms in total. The molecule has 1 atom stereocenters. The van der Waals surface area contributed by atoms with E-state index in [0.29, 0.717) is 18.5 Å². The van der Waals surface area contributed by atoms with Crippen LogP contribution in [0.4, 0.5) is 13.2 Å². The number of alkyl halides is 3. The summed E-state index contributed by atoms with van der Waals surface area (Å²) in [6.45, 7) is 1.28. The monoisotopic (exact) mass is 264 g/mol. The Hall–Kier alpha value is -0.290. The molecular weight excluding hydrogens is 241 g/mol. The van der Waals surface area contributed by atoms with Crippen molar-refractivity contribution in [1.82, 2.24) is 4.90 Å². The molecule has 18 heavy (non-hydrogen) atoms. The molecule has 1 heterocycles. The predicted molar refractivity (Wildman–Crippen MR) is 65.2 cm³/mol. The first-order chi connectivity index (χ1) is 8.47. The second kappa shape index (κ2) is 5.37. The van der Waals surface area contributed by atoms with Gasteiger partial charge in [0.15, 0.2) is 0 Å². The minimum atomic E-state index is -4.14. The highest BCUT2D eigenvalue weighted by atomic mass is 19.4. The van der Waals surface area contributed by atoms with Crippen molar-refractivity contribution in [2.75, 3.05) is 19.6 Å². The zero-order valence-corrected chi connectivity index (χ0v) is 10.8. The second-order valence-electron chi connectivity index (χ2n) is 5.88. The summed E-state index contributed by atoms with van der Waals surface area (Å²) in [5, 5.41) is 0. The quantitative estimate of drug-likeness (QED) is 0.849. The molecule has 0 bridgehead atoms. The lowest BCUT2D eigenvalue weighted by atomic mass is 9.76. The van der Waals surface area contributed by atoms with Gasteiger partial charge >= 0.3 is 6.18 Å². The van der Waals surface area contributed by atoms with Gasteiger partial charge in [-0.25, -0.2) is 0 Å². The Bertz CT molecular complexity index is 262. The number of hydrogen-bond donors (Lipinski definition) is 1. The molecule has 106 valence electrons. The number of halogens is 3. The lowest BCUT2D eigenvalue weighted by Crippen LogP contribution is -2.51. The SMILES string of the molecule is NCCC(N1CCC2(CCCC2)CC1)C(F)(F)F. The summed E-state index contributed by atoms with van der Waals surface area (Å²) in [7, 11) is 0. The van der Waals surface area contributed by atoms with Crippen LogP contribution < -0.4 is 5.73 Å². The van der Waals surface area contributed by atoms with Gasteiger partial charge in [-0.3, -0.25) is 4.90 Å². The van der Waals surface area contributed by atoms with Gasteiger partial charge in [-0.2, -0.15) is 13.2 Å². The summed E-state index contributed by atoms with van der Waals surface area (Å²) < 4.78 is 38.9. The number of nitrogens with zero attached hydrogens (tertiary/aromatic N) is 1. The van der Waals surface area contributed by atoms with Crippen molar-refractivity contribution in [3.8, 4) is 0 Å². The molecule has 2 aliphatic rings. The number of likely N-dealkylation sites (tertiary alicyclic amines) is 1. The van der Waals surface area contributed by atoms with E-state index in [1.807, 2.05) is 0 Å². The molecule has 1 saturated heterocycles. The maximum atomic E-state index is 13.0. The van der Waals surface area contributed by atoms with Crippen LogP contribution in [0.5, 0.6) is 0 Å². The fourth-order valence-corrected chi connectivity index (χ4v) is 3.65. The normalized spacial score (nSPS) is 26.7. The zero-order valence-electron chi connectivity index (χ0n) is 10.8. The van der Waals surface area contributed by atoms with Gasteiger partial charge in [0.25, 0.3) is 0 Å². The average molecular weight is 264 g/mol. The summed E-state index contributed by atoms with van der Waals surface area (Å²) in [4.78, 5) is 1.61. The van der Waals surface area contributed by atoms with Crippen molar-refractivity contribution >= 4 is 0 Å². The van der Waals surface area contributed by atoms with Crippen molar-refractivity contribution in [2.45, 2.75) is 57.2 Å². The third-order valence-corrected chi connectivity index (χ3v) is 4.78. The molecule has 2 rings (SSSR count). The van der Waals surface area contributed by atoms with Crippen LogP contribution in [-0.4, -0.2) is 36.8 Å². The van der Waals surface area contributed by atoms with Gasteiger partial charge in [0.1, 0.15) is 6.04 Å². The smallest absolute Gasteiger partial charge is 0.330 e. The number of nitrogens with two attached hydrogens (primary N) is 1. The first kappa shape index (κ1) is 14.1. The summed E-state index contributed by atoms with van der Waals surface area (Å²) in [6, 6.07) is -1.33. The van der Waals surface area contributed by atoms with E-state index >= 15 is 0 Å². The maximum Gasteiger partial charge on any atom is 0.404 e. The molecule has 1 aliphatic carbocycles. The molecule has 1 unspecified atom stereocenters. The van der Waals surface area contributed by atoms with E-state index in [1.54, 1.807) is 4.90 Å². The van der Waals surface area contributed by atoms with Gasteiger partial charge in [-0.05, 0) is 57.2 Å². The topological polar surface area (TPSA) is 29.3 Å². The standard InChI is InChI=1S/C13H23F3N2/c14-13(15,16)11(3-8-17)18-9-6-12(7-10-18)4-1-2-5-12/h11H,1-10,17H2. The van der Waals surface area contributed by atoms with Crippen LogP contribution in [0.2, 0.25) is 0 Å². The number of rotatable bonds is 3. The van der Waals surface area contributed by atoms with Gasteiger partial charge in [0.05, 0.1) is 0 Å². The van der Waals surface area contributed by atoms with E-state index in [9.17, 15) is 13.2 Å². The molecule has 0 aromatic heterocycles. The van der Waals surface area contributed by atoms with Crippen molar-refractivity contribution in [3.05, 3.63) is 0 Å². The summed E-state index contributed by atoms with van der Waals surface area (Å²) >= 11 is 0. The van der Waals surface area contributed by atoms with E-state index in [1.165, 1.54) is 25.7 Å². The Morgan fingerprint density at radius 1 is 1.06 bits per heavy atom. The summed E-state index contributed by atoms with van der Waals surface area (Å²) in [5.74, 6) is 0. The van der Waals surface area contributed by atoms with E-state index < -0.39 is 12.2 Å². The highest BCUT2D eigenvalue weighted by Gasteiger charge is 2.46. The van der Waals surface area contributed by atoms with Gasteiger partial charge in [0, 0.05) is 0 Å². The highest BCUT2D eigenvalue weighted by Crippen LogP contribution is 2.47. The van der Waals surface area contributed by atoms with Crippen molar-refractivity contribution in [2.24, 2.45) is 11.1 Å². The van der Waals surface area contributed by atoms with E-state index in [2.05, 4.69) is 0 Å². The molecule has 1 spiro atoms. The van der Waals surface area contributed by atoms with Crippen molar-refractivity contribution in [1.29, 1.82) is 0 Å². The first-order valence-corrected chi connectivity index (χ1v) is 6.98. The Kier molecular flexibility index (Phi) is 4.22. The van der Waals surface area contributed by atoms with E-state index in [0.717, 1.165) is 12.8 Å². The van der Waals surface area contributed by atoms with Gasteiger partial charge < -0.3 is 5.73 Å². The van der Waals surface area contributed by atoms with Crippen LogP contribution >= 0.6 is 0 Å². The lowest BCUT2D eigenvalue weighted by molar-refractivity contribution is -0.190. The van der Waals surface area contributed by atoms with E-state index in [-0.39, 0.29) is 13.0 Å². The summed E-state index contributed by atoms with van der Waals surface area (Å²) in [6.07, 6.45) is 2.70. The Morgan fingerprint density at radius 2 is 1.61 bits per heavy atom. The number of hydrogen-bond acceptors (Lipinski definition) is 2. The van der Waals surface area contributed by atoms with Crippen LogP contribution in [0.15, 0.2) is 0 Å². The van der Waals surface area contributed by atoms with Crippen LogP contribution in [0.3, 0.4) is 0 Å². The Morgan fingerprint density at radius 3 is 2.06 bits per heavy atom. The van der Waals surface area contributed by atoms with Crippen molar-refractivity contribution < 1.29 is 13.2 Å². The molecule has 0 aromatic rings. The summed E-state index contributed by atoms with van der Waals surface area (Å²) in [5.41, 5.74) is 5.69. The molecular formula is C13H23F3N2. The molecule has 0 radical (unpaired) electrons. The first-order valence-electron chi connectivity index (χ1n) is 6.98. The second-order valence-corrected chi connectivity index (χ2v) is 5.88. The van der Waals surface area contributed by atoms with Crippen LogP contribution in [0, 0.1) is 5.41 Å². The third kappa shape index (κ3) is 2.99. The molecule has 2 N–H and O–H groups in total. The fourth-order valence-electron chi connectivity index (χ4n) is 3.65. The van der Waals surface area contributed by atoms with Gasteiger partial charge in [-0.1, -0.05) is 12.8 Å². The average Bonchev–Trinajstić information content (AvgIpc) is 2.75. The van der Waals surface area contributed by atoms with E-state index in [4.69, 9.17) is 5.73 Å². The fraction of sp³-hybridized carbons (Fsp3) is 1.00. The molecule has 1 saturated carbocycles. The van der Waals surface area contributed by atoms with Gasteiger partial charge in [-0.15, -0.1) is 0 Å². The van der Waals surface area contributed by atoms with Crippen molar-refractivity contribution in [3.63, 3.8) is 0 Å². The van der Waals surface area contributed by atoms with Gasteiger partial charge in [0.2, 0.25) is 0 Å². The highest BCUT2D eigenvalue weighted by molar-refractivity contribution is 4.92. The predicted octanol–water partition coefficient (Wildman–Crippen LogP) is 2.92. The van der Waals surface area contributed by atoms with Crippen LogP contribution in [0.1, 0.15) is 44.9 Å². The zero-order chi connectivity index (χ0) is 13.2. The van der Waals surface area contributed by atoms with Crippen LogP contribution in [-0.2, 0) is 0 Å². The number of piperidine rings is 1. The third-order valence-electron chi connectivity index (χ3n) is 4.78. The molecule has 1 aliphatic heterocycles. The molecule has 0 aromatic carbocycles. The Balaban J connectivity index is 1.94. The molecule has 2 fully saturated rings.